The van der Waals surface area contributed by atoms with Crippen LogP contribution in [0.15, 0.2) is 53.3 Å². The van der Waals surface area contributed by atoms with Crippen LogP contribution in [0.3, 0.4) is 0 Å². The van der Waals surface area contributed by atoms with E-state index in [4.69, 9.17) is 5.73 Å². The second-order valence-corrected chi connectivity index (χ2v) is 4.33. The molecule has 2 aromatic carbocycles. The van der Waals surface area contributed by atoms with Gasteiger partial charge in [0.2, 0.25) is 0 Å². The predicted octanol–water partition coefficient (Wildman–Crippen LogP) is 3.49. The summed E-state index contributed by atoms with van der Waals surface area (Å²) in [6.07, 6.45) is 0. The van der Waals surface area contributed by atoms with Gasteiger partial charge in [-0.15, -0.1) is 17.0 Å². The number of nitrogens with two attached hydrogens (primary N) is 1. The van der Waals surface area contributed by atoms with E-state index < -0.39 is 0 Å². The van der Waals surface area contributed by atoms with Gasteiger partial charge in [-0.25, -0.2) is 4.39 Å². The van der Waals surface area contributed by atoms with Gasteiger partial charge in [0.25, 0.3) is 5.56 Å². The van der Waals surface area contributed by atoms with Crippen LogP contribution in [0.25, 0.3) is 22.0 Å². The van der Waals surface area contributed by atoms with Gasteiger partial charge >= 0.3 is 0 Å². The lowest BCUT2D eigenvalue weighted by atomic mass is 10.1. The molecule has 0 fully saturated rings. The Bertz CT molecular complexity index is 812. The van der Waals surface area contributed by atoms with Crippen molar-refractivity contribution in [3.8, 4) is 11.3 Å². The fourth-order valence-electron chi connectivity index (χ4n) is 2.10. The maximum Gasteiger partial charge on any atom is 0.256 e. The number of anilines is 1. The summed E-state index contributed by atoms with van der Waals surface area (Å²) in [6.45, 7) is 0. The lowest BCUT2D eigenvalue weighted by Gasteiger charge is -2.06. The van der Waals surface area contributed by atoms with E-state index in [1.54, 1.807) is 36.4 Å². The first-order valence-corrected chi connectivity index (χ1v) is 5.82. The first-order valence-electron chi connectivity index (χ1n) is 5.82. The van der Waals surface area contributed by atoms with E-state index in [1.807, 2.05) is 0 Å². The standard InChI is InChI=1S/C15H11FN2O.BrH/c16-10-6-4-9(5-7-10)14-8-12-11(15(19)18-14)2-1-3-13(12)17;/h1-8H,17H2,(H,18,19);1H. The second-order valence-electron chi connectivity index (χ2n) is 4.33. The second kappa shape index (κ2) is 5.46. The summed E-state index contributed by atoms with van der Waals surface area (Å²) >= 11 is 0. The Labute approximate surface area is 125 Å². The molecule has 3 N–H and O–H groups in total. The van der Waals surface area contributed by atoms with E-state index in [0.717, 1.165) is 5.56 Å². The molecule has 0 aliphatic carbocycles. The van der Waals surface area contributed by atoms with Crippen LogP contribution in [0.2, 0.25) is 0 Å². The van der Waals surface area contributed by atoms with Crippen molar-refractivity contribution in [2.75, 3.05) is 5.73 Å². The number of nitrogens with one attached hydrogen (secondary N) is 1. The first-order chi connectivity index (χ1) is 9.15. The SMILES string of the molecule is Br.Nc1cccc2c(=O)[nH]c(-c3ccc(F)cc3)cc12. The van der Waals surface area contributed by atoms with Crippen molar-refractivity contribution in [2.24, 2.45) is 0 Å². The van der Waals surface area contributed by atoms with Crippen molar-refractivity contribution >= 4 is 33.4 Å². The molecule has 0 aliphatic heterocycles. The summed E-state index contributed by atoms with van der Waals surface area (Å²) < 4.78 is 12.9. The maximum atomic E-state index is 12.9. The Morgan fingerprint density at radius 2 is 1.70 bits per heavy atom. The summed E-state index contributed by atoms with van der Waals surface area (Å²) in [7, 11) is 0. The number of benzene rings is 2. The zero-order chi connectivity index (χ0) is 13.4. The normalized spacial score (nSPS) is 10.2. The Morgan fingerprint density at radius 1 is 1.00 bits per heavy atom. The van der Waals surface area contributed by atoms with Crippen LogP contribution in [0.4, 0.5) is 10.1 Å². The Hall–Kier alpha value is -2.14. The minimum atomic E-state index is -0.314. The van der Waals surface area contributed by atoms with Crippen LogP contribution in [0, 0.1) is 5.82 Å². The summed E-state index contributed by atoms with van der Waals surface area (Å²) in [5.41, 5.74) is 7.59. The zero-order valence-electron chi connectivity index (χ0n) is 10.4. The van der Waals surface area contributed by atoms with E-state index in [1.165, 1.54) is 12.1 Å². The number of halogens is 2. The molecule has 0 aliphatic rings. The fourth-order valence-corrected chi connectivity index (χ4v) is 2.10. The van der Waals surface area contributed by atoms with Gasteiger partial charge in [-0.2, -0.15) is 0 Å². The number of rotatable bonds is 1. The molecule has 1 aromatic heterocycles. The van der Waals surface area contributed by atoms with Crippen molar-refractivity contribution in [1.29, 1.82) is 0 Å². The van der Waals surface area contributed by atoms with Crippen LogP contribution in [-0.4, -0.2) is 4.98 Å². The highest BCUT2D eigenvalue weighted by atomic mass is 79.9. The molecule has 5 heteroatoms. The summed E-state index contributed by atoms with van der Waals surface area (Å²) in [4.78, 5) is 14.8. The molecule has 3 aromatic rings. The van der Waals surface area contributed by atoms with E-state index in [2.05, 4.69) is 4.98 Å². The van der Waals surface area contributed by atoms with Crippen LogP contribution in [0.5, 0.6) is 0 Å². The van der Waals surface area contributed by atoms with Crippen LogP contribution < -0.4 is 11.3 Å². The molecular weight excluding hydrogens is 323 g/mol. The molecule has 0 atom stereocenters. The average molecular weight is 335 g/mol. The minimum absolute atomic E-state index is 0. The summed E-state index contributed by atoms with van der Waals surface area (Å²) in [6, 6.07) is 13.0. The Balaban J connectivity index is 0.00000147. The molecule has 20 heavy (non-hydrogen) atoms. The van der Waals surface area contributed by atoms with E-state index in [-0.39, 0.29) is 28.4 Å². The molecule has 3 nitrogen and oxygen atoms in total. The molecule has 3 rings (SSSR count). The van der Waals surface area contributed by atoms with Gasteiger partial charge in [-0.05, 0) is 48.0 Å². The predicted molar refractivity (Wildman–Crippen MR) is 84.7 cm³/mol. The van der Waals surface area contributed by atoms with Gasteiger partial charge in [0, 0.05) is 22.2 Å². The van der Waals surface area contributed by atoms with Gasteiger partial charge in [-0.3, -0.25) is 4.79 Å². The number of fused-ring (bicyclic) bond motifs is 1. The van der Waals surface area contributed by atoms with Crippen molar-refractivity contribution in [2.45, 2.75) is 0 Å². The lowest BCUT2D eigenvalue weighted by molar-refractivity contribution is 0.628. The molecule has 0 unspecified atom stereocenters. The number of hydrogen-bond donors (Lipinski definition) is 2. The van der Waals surface area contributed by atoms with Gasteiger partial charge in [0.1, 0.15) is 5.82 Å². The zero-order valence-corrected chi connectivity index (χ0v) is 12.1. The number of aromatic amines is 1. The van der Waals surface area contributed by atoms with Crippen molar-refractivity contribution in [1.82, 2.24) is 4.98 Å². The smallest absolute Gasteiger partial charge is 0.256 e. The average Bonchev–Trinajstić information content (AvgIpc) is 2.41. The van der Waals surface area contributed by atoms with Crippen molar-refractivity contribution in [3.63, 3.8) is 0 Å². The third-order valence-electron chi connectivity index (χ3n) is 3.08. The molecule has 0 spiro atoms. The molecule has 0 saturated carbocycles. The highest BCUT2D eigenvalue weighted by Gasteiger charge is 2.06. The topological polar surface area (TPSA) is 58.9 Å². The summed E-state index contributed by atoms with van der Waals surface area (Å²) in [5, 5.41) is 1.25. The molecule has 0 bridgehead atoms. The largest absolute Gasteiger partial charge is 0.398 e. The number of nitrogen functional groups attached to an aromatic ring is 1. The van der Waals surface area contributed by atoms with Crippen molar-refractivity contribution < 1.29 is 4.39 Å². The van der Waals surface area contributed by atoms with Crippen molar-refractivity contribution in [3.05, 3.63) is 64.7 Å². The van der Waals surface area contributed by atoms with Crippen LogP contribution in [-0.2, 0) is 0 Å². The highest BCUT2D eigenvalue weighted by molar-refractivity contribution is 8.93. The van der Waals surface area contributed by atoms with E-state index >= 15 is 0 Å². The number of aromatic nitrogens is 1. The Kier molecular flexibility index (Phi) is 3.90. The lowest BCUT2D eigenvalue weighted by Crippen LogP contribution is -2.08. The number of pyridine rings is 1. The van der Waals surface area contributed by atoms with Crippen LogP contribution in [0.1, 0.15) is 0 Å². The molecule has 0 radical (unpaired) electrons. The monoisotopic (exact) mass is 334 g/mol. The molecule has 0 amide bonds. The third kappa shape index (κ3) is 2.44. The molecule has 0 saturated heterocycles. The quantitative estimate of drug-likeness (QED) is 0.669. The fraction of sp³-hybridized carbons (Fsp3) is 0. The number of hydrogen-bond acceptors (Lipinski definition) is 2. The Morgan fingerprint density at radius 3 is 2.40 bits per heavy atom. The number of H-pyrrole nitrogens is 1. The van der Waals surface area contributed by atoms with Gasteiger partial charge in [0.05, 0.1) is 0 Å². The van der Waals surface area contributed by atoms with Gasteiger partial charge in [-0.1, -0.05) is 6.07 Å². The maximum absolute atomic E-state index is 12.9. The molecule has 1 heterocycles. The molecule has 102 valence electrons. The van der Waals surface area contributed by atoms with Gasteiger partial charge in [0.15, 0.2) is 0 Å². The summed E-state index contributed by atoms with van der Waals surface area (Å²) in [5.74, 6) is -0.314. The van der Waals surface area contributed by atoms with Crippen LogP contribution >= 0.6 is 17.0 Å². The minimum Gasteiger partial charge on any atom is -0.398 e. The molecular formula is C15H12BrFN2O. The first kappa shape index (κ1) is 14.3. The highest BCUT2D eigenvalue weighted by Crippen LogP contribution is 2.23. The third-order valence-corrected chi connectivity index (χ3v) is 3.08. The van der Waals surface area contributed by atoms with E-state index in [0.29, 0.717) is 22.2 Å². The van der Waals surface area contributed by atoms with E-state index in [9.17, 15) is 9.18 Å². The van der Waals surface area contributed by atoms with Gasteiger partial charge < -0.3 is 10.7 Å².